The number of nitrogens with one attached hydrogen (secondary N) is 2. The van der Waals surface area contributed by atoms with Crippen LogP contribution >= 0.6 is 0 Å². The molecule has 2 aliphatic heterocycles. The highest BCUT2D eigenvalue weighted by atomic mass is 16.2. The molecule has 2 heterocycles. The molecule has 1 saturated heterocycles. The summed E-state index contributed by atoms with van der Waals surface area (Å²) in [4.78, 5) is 12.6. The lowest BCUT2D eigenvalue weighted by molar-refractivity contribution is -0.131. The van der Waals surface area contributed by atoms with E-state index in [4.69, 9.17) is 0 Å². The van der Waals surface area contributed by atoms with Gasteiger partial charge in [0.1, 0.15) is 0 Å². The Morgan fingerprint density at radius 2 is 1.86 bits per heavy atom. The van der Waals surface area contributed by atoms with Crippen molar-refractivity contribution in [2.75, 3.05) is 0 Å². The third-order valence-electron chi connectivity index (χ3n) is 4.83. The lowest BCUT2D eigenvalue weighted by Crippen LogP contribution is -2.59. The number of rotatable bonds is 2. The zero-order valence-electron chi connectivity index (χ0n) is 12.9. The largest absolute Gasteiger partial charge is 0.301 e. The van der Waals surface area contributed by atoms with Crippen molar-refractivity contribution in [1.82, 2.24) is 15.8 Å². The first-order valence-corrected chi connectivity index (χ1v) is 8.04. The summed E-state index contributed by atoms with van der Waals surface area (Å²) in [5.74, 6) is 0.102. The first-order valence-electron chi connectivity index (χ1n) is 8.04. The number of nitrogens with zero attached hydrogens (tertiary/aromatic N) is 1. The lowest BCUT2D eigenvalue weighted by Gasteiger charge is -2.40. The molecule has 1 aromatic rings. The van der Waals surface area contributed by atoms with Crippen LogP contribution in [0.5, 0.6) is 0 Å². The molecule has 114 valence electrons. The maximum atomic E-state index is 12.6. The van der Waals surface area contributed by atoms with E-state index in [1.165, 1.54) is 17.5 Å². The summed E-state index contributed by atoms with van der Waals surface area (Å²) in [7, 11) is 0. The number of hydrogen-bond acceptors (Lipinski definition) is 3. The topological polar surface area (TPSA) is 44.4 Å². The zero-order chi connectivity index (χ0) is 14.8. The fourth-order valence-electron chi connectivity index (χ4n) is 3.49. The van der Waals surface area contributed by atoms with Gasteiger partial charge < -0.3 is 5.32 Å². The first-order chi connectivity index (χ1) is 10.1. The van der Waals surface area contributed by atoms with Gasteiger partial charge in [0.15, 0.2) is 0 Å². The molecule has 1 amide bonds. The van der Waals surface area contributed by atoms with Gasteiger partial charge in [0.25, 0.3) is 5.91 Å². The summed E-state index contributed by atoms with van der Waals surface area (Å²) in [5.41, 5.74) is 5.75. The third-order valence-corrected chi connectivity index (χ3v) is 4.83. The minimum absolute atomic E-state index is 0.102. The van der Waals surface area contributed by atoms with Gasteiger partial charge in [0, 0.05) is 18.6 Å². The van der Waals surface area contributed by atoms with Crippen molar-refractivity contribution in [1.29, 1.82) is 0 Å². The number of amides is 1. The molecule has 4 heteroatoms. The number of fused-ring (bicyclic) bond motifs is 1. The van der Waals surface area contributed by atoms with E-state index in [-0.39, 0.29) is 11.9 Å². The van der Waals surface area contributed by atoms with Crippen LogP contribution < -0.4 is 10.7 Å². The molecule has 0 spiro atoms. The van der Waals surface area contributed by atoms with Gasteiger partial charge in [-0.1, -0.05) is 30.7 Å². The summed E-state index contributed by atoms with van der Waals surface area (Å²) in [6, 6.07) is 9.09. The van der Waals surface area contributed by atoms with Crippen molar-refractivity contribution < 1.29 is 4.79 Å². The predicted molar refractivity (Wildman–Crippen MR) is 83.5 cm³/mol. The molecular weight excluding hydrogens is 262 g/mol. The van der Waals surface area contributed by atoms with Gasteiger partial charge in [-0.3, -0.25) is 10.2 Å². The van der Waals surface area contributed by atoms with Gasteiger partial charge in [-0.2, -0.15) is 0 Å². The van der Waals surface area contributed by atoms with Crippen LogP contribution in [-0.4, -0.2) is 29.0 Å². The van der Waals surface area contributed by atoms with E-state index in [9.17, 15) is 4.79 Å². The minimum Gasteiger partial charge on any atom is -0.301 e. The Morgan fingerprint density at radius 1 is 1.19 bits per heavy atom. The van der Waals surface area contributed by atoms with E-state index in [1.807, 2.05) is 6.07 Å². The number of hydrazine groups is 1. The molecule has 0 aromatic heterocycles. The van der Waals surface area contributed by atoms with E-state index < -0.39 is 0 Å². The summed E-state index contributed by atoms with van der Waals surface area (Å²) < 4.78 is 0. The highest BCUT2D eigenvalue weighted by Crippen LogP contribution is 2.21. The highest BCUT2D eigenvalue weighted by Gasteiger charge is 2.30. The summed E-state index contributed by atoms with van der Waals surface area (Å²) in [5, 5.41) is 5.50. The molecule has 2 N–H and O–H groups in total. The molecule has 0 bridgehead atoms. The Morgan fingerprint density at radius 3 is 2.57 bits per heavy atom. The molecule has 1 fully saturated rings. The van der Waals surface area contributed by atoms with Crippen LogP contribution in [0, 0.1) is 0 Å². The Balaban J connectivity index is 1.64. The van der Waals surface area contributed by atoms with Crippen LogP contribution in [0.15, 0.2) is 24.3 Å². The smallest absolute Gasteiger partial charge is 0.251 e. The molecule has 3 unspecified atom stereocenters. The molecule has 3 atom stereocenters. The van der Waals surface area contributed by atoms with Gasteiger partial charge >= 0.3 is 0 Å². The van der Waals surface area contributed by atoms with Crippen LogP contribution in [0.1, 0.15) is 44.2 Å². The van der Waals surface area contributed by atoms with E-state index in [0.29, 0.717) is 12.1 Å². The average molecular weight is 287 g/mol. The van der Waals surface area contributed by atoms with Crippen LogP contribution in [0.25, 0.3) is 0 Å². The fraction of sp³-hybridized carbons (Fsp3) is 0.588. The quantitative estimate of drug-likeness (QED) is 0.874. The van der Waals surface area contributed by atoms with Gasteiger partial charge in [-0.05, 0) is 44.2 Å². The number of carbonyl (C=O) groups is 1. The first kappa shape index (κ1) is 14.5. The van der Waals surface area contributed by atoms with Gasteiger partial charge in [-0.15, -0.1) is 0 Å². The van der Waals surface area contributed by atoms with Gasteiger partial charge in [-0.25, -0.2) is 5.01 Å². The van der Waals surface area contributed by atoms with Crippen LogP contribution in [0.3, 0.4) is 0 Å². The molecule has 1 aromatic carbocycles. The highest BCUT2D eigenvalue weighted by molar-refractivity contribution is 5.82. The monoisotopic (exact) mass is 287 g/mol. The molecule has 21 heavy (non-hydrogen) atoms. The van der Waals surface area contributed by atoms with Crippen molar-refractivity contribution >= 4 is 5.91 Å². The van der Waals surface area contributed by atoms with E-state index in [0.717, 1.165) is 25.8 Å². The third kappa shape index (κ3) is 3.11. The molecule has 4 nitrogen and oxygen atoms in total. The molecular formula is C17H25N3O. The van der Waals surface area contributed by atoms with Gasteiger partial charge in [0.05, 0.1) is 6.04 Å². The maximum absolute atomic E-state index is 12.6. The molecule has 2 aliphatic rings. The van der Waals surface area contributed by atoms with Crippen LogP contribution in [0.4, 0.5) is 0 Å². The van der Waals surface area contributed by atoms with Crippen molar-refractivity contribution in [3.05, 3.63) is 35.4 Å². The molecule has 0 saturated carbocycles. The second kappa shape index (κ2) is 6.16. The summed E-state index contributed by atoms with van der Waals surface area (Å²) in [6.07, 6.45) is 4.35. The Kier molecular flexibility index (Phi) is 4.27. The van der Waals surface area contributed by atoms with E-state index in [1.54, 1.807) is 0 Å². The number of carbonyl (C=O) groups excluding carboxylic acids is 1. The maximum Gasteiger partial charge on any atom is 0.251 e. The SMILES string of the molecule is CC1CCCC(C)N1NC(=O)C1Cc2ccccc2CN1. The van der Waals surface area contributed by atoms with E-state index in [2.05, 4.69) is 47.8 Å². The second-order valence-electron chi connectivity index (χ2n) is 6.42. The number of piperidine rings is 1. The molecule has 0 aliphatic carbocycles. The Labute approximate surface area is 126 Å². The standard InChI is InChI=1S/C17H25N3O/c1-12-6-5-7-13(2)20(12)19-17(21)16-10-14-8-3-4-9-15(14)11-18-16/h3-4,8-9,12-13,16,18H,5-7,10-11H2,1-2H3,(H,19,21). The lowest BCUT2D eigenvalue weighted by atomic mass is 9.95. The fourth-order valence-corrected chi connectivity index (χ4v) is 3.49. The second-order valence-corrected chi connectivity index (χ2v) is 6.42. The van der Waals surface area contributed by atoms with Crippen LogP contribution in [-0.2, 0) is 17.8 Å². The Bertz CT molecular complexity index is 507. The van der Waals surface area contributed by atoms with Gasteiger partial charge in [0.2, 0.25) is 0 Å². The summed E-state index contributed by atoms with van der Waals surface area (Å²) in [6.45, 7) is 5.17. The zero-order valence-corrected chi connectivity index (χ0v) is 12.9. The number of hydrogen-bond donors (Lipinski definition) is 2. The van der Waals surface area contributed by atoms with Crippen molar-refractivity contribution in [3.8, 4) is 0 Å². The minimum atomic E-state index is -0.124. The number of benzene rings is 1. The normalized spacial score (nSPS) is 29.7. The summed E-state index contributed by atoms with van der Waals surface area (Å²) >= 11 is 0. The Hall–Kier alpha value is -1.39. The average Bonchev–Trinajstić information content (AvgIpc) is 2.50. The predicted octanol–water partition coefficient (Wildman–Crippen LogP) is 1.99. The van der Waals surface area contributed by atoms with Crippen LogP contribution in [0.2, 0.25) is 0 Å². The molecule has 3 rings (SSSR count). The van der Waals surface area contributed by atoms with E-state index >= 15 is 0 Å². The van der Waals surface area contributed by atoms with Crippen molar-refractivity contribution in [3.63, 3.8) is 0 Å². The van der Waals surface area contributed by atoms with Crippen molar-refractivity contribution in [2.45, 2.75) is 64.2 Å². The molecule has 0 radical (unpaired) electrons. The van der Waals surface area contributed by atoms with Crippen molar-refractivity contribution in [2.24, 2.45) is 0 Å².